The largest absolute Gasteiger partial charge is 0.369 e. The lowest BCUT2D eigenvalue weighted by molar-refractivity contribution is 0.313. The molecule has 1 fully saturated rings. The summed E-state index contributed by atoms with van der Waals surface area (Å²) in [5.74, 6) is 1.64. The predicted octanol–water partition coefficient (Wildman–Crippen LogP) is 5.16. The minimum Gasteiger partial charge on any atom is -0.369 e. The van der Waals surface area contributed by atoms with Crippen molar-refractivity contribution in [3.8, 4) is 10.4 Å². The third-order valence-electron chi connectivity index (χ3n) is 5.56. The minimum atomic E-state index is 0.778. The van der Waals surface area contributed by atoms with Crippen LogP contribution < -0.4 is 10.2 Å². The van der Waals surface area contributed by atoms with Gasteiger partial charge in [-0.2, -0.15) is 0 Å². The first kappa shape index (κ1) is 19.0. The van der Waals surface area contributed by atoms with Crippen LogP contribution in [0, 0.1) is 6.92 Å². The number of benzene rings is 2. The number of hydrogen-bond donors (Lipinski definition) is 1. The highest BCUT2D eigenvalue weighted by molar-refractivity contribution is 7.21. The highest BCUT2D eigenvalue weighted by Gasteiger charge is 2.15. The monoisotopic (exact) mass is 415 g/mol. The van der Waals surface area contributed by atoms with Crippen LogP contribution in [-0.4, -0.2) is 48.1 Å². The predicted molar refractivity (Wildman–Crippen MR) is 127 cm³/mol. The van der Waals surface area contributed by atoms with Crippen LogP contribution >= 0.6 is 11.3 Å². The lowest BCUT2D eigenvalue weighted by Gasteiger charge is -2.34. The second-order valence-electron chi connectivity index (χ2n) is 7.78. The van der Waals surface area contributed by atoms with E-state index in [1.807, 2.05) is 13.0 Å². The van der Waals surface area contributed by atoms with Crippen molar-refractivity contribution in [2.75, 3.05) is 43.4 Å². The van der Waals surface area contributed by atoms with Crippen LogP contribution in [0.25, 0.3) is 20.7 Å². The number of nitrogens with zero attached hydrogens (tertiary/aromatic N) is 4. The maximum absolute atomic E-state index is 4.69. The van der Waals surface area contributed by atoms with Crippen molar-refractivity contribution in [3.63, 3.8) is 0 Å². The lowest BCUT2D eigenvalue weighted by atomic mass is 10.2. The van der Waals surface area contributed by atoms with Gasteiger partial charge >= 0.3 is 0 Å². The van der Waals surface area contributed by atoms with Crippen LogP contribution in [0.3, 0.4) is 0 Å². The van der Waals surface area contributed by atoms with Gasteiger partial charge in [-0.25, -0.2) is 9.97 Å². The summed E-state index contributed by atoms with van der Waals surface area (Å²) in [5.41, 5.74) is 3.53. The van der Waals surface area contributed by atoms with Crippen molar-refractivity contribution in [2.45, 2.75) is 6.92 Å². The summed E-state index contributed by atoms with van der Waals surface area (Å²) in [6, 6.07) is 21.3. The van der Waals surface area contributed by atoms with Crippen LogP contribution in [0.2, 0.25) is 0 Å². The topological polar surface area (TPSA) is 44.3 Å². The summed E-state index contributed by atoms with van der Waals surface area (Å²) < 4.78 is 0. The van der Waals surface area contributed by atoms with Gasteiger partial charge in [-0.3, -0.25) is 0 Å². The third-order valence-corrected chi connectivity index (χ3v) is 6.64. The van der Waals surface area contributed by atoms with E-state index >= 15 is 0 Å². The summed E-state index contributed by atoms with van der Waals surface area (Å²) in [5, 5.41) is 4.58. The van der Waals surface area contributed by atoms with Gasteiger partial charge in [0.1, 0.15) is 16.5 Å². The van der Waals surface area contributed by atoms with E-state index in [1.54, 1.807) is 11.3 Å². The molecule has 1 N–H and O–H groups in total. The molecular weight excluding hydrogens is 390 g/mol. The smallest absolute Gasteiger partial charge is 0.142 e. The molecule has 0 radical (unpaired) electrons. The number of hydrogen-bond acceptors (Lipinski definition) is 6. The van der Waals surface area contributed by atoms with Crippen molar-refractivity contribution in [2.24, 2.45) is 0 Å². The first-order valence-electron chi connectivity index (χ1n) is 10.3. The van der Waals surface area contributed by atoms with Crippen molar-refractivity contribution in [1.82, 2.24) is 14.9 Å². The molecule has 0 spiro atoms. The zero-order chi connectivity index (χ0) is 20.5. The molecule has 0 unspecified atom stereocenters. The normalized spacial score (nSPS) is 14.9. The fraction of sp³-hybridized carbons (Fsp3) is 0.250. The number of fused-ring (bicyclic) bond motifs is 1. The summed E-state index contributed by atoms with van der Waals surface area (Å²) >= 11 is 1.71. The maximum Gasteiger partial charge on any atom is 0.142 e. The Morgan fingerprint density at radius 2 is 1.63 bits per heavy atom. The van der Waals surface area contributed by atoms with E-state index in [1.165, 1.54) is 16.1 Å². The van der Waals surface area contributed by atoms with Crippen LogP contribution in [0.4, 0.5) is 17.2 Å². The zero-order valence-corrected chi connectivity index (χ0v) is 18.1. The Bertz CT molecular complexity index is 1150. The van der Waals surface area contributed by atoms with Gasteiger partial charge in [-0.1, -0.05) is 30.3 Å². The Labute approximate surface area is 181 Å². The molecule has 5 rings (SSSR count). The molecule has 0 amide bonds. The number of nitrogens with one attached hydrogen (secondary N) is 1. The Morgan fingerprint density at radius 1 is 0.900 bits per heavy atom. The molecule has 0 aliphatic carbocycles. The van der Waals surface area contributed by atoms with E-state index in [4.69, 9.17) is 4.98 Å². The standard InChI is InChI=1S/C24H25N5S/c1-17-25-23(21-16-22(30-24(21)26-17)18-6-4-3-5-7-18)27-19-8-10-20(11-9-19)29-14-12-28(2)13-15-29/h3-11,16H,12-15H2,1-2H3,(H,25,26,27). The van der Waals surface area contributed by atoms with Gasteiger partial charge in [0.25, 0.3) is 0 Å². The summed E-state index contributed by atoms with van der Waals surface area (Å²) in [6.45, 7) is 6.32. The molecule has 152 valence electrons. The molecule has 1 aliphatic heterocycles. The molecular formula is C24H25N5S. The molecule has 1 aliphatic rings. The van der Waals surface area contributed by atoms with Crippen LogP contribution in [0.15, 0.2) is 60.7 Å². The third kappa shape index (κ3) is 3.88. The minimum absolute atomic E-state index is 0.778. The van der Waals surface area contributed by atoms with E-state index in [0.717, 1.165) is 53.7 Å². The van der Waals surface area contributed by atoms with Gasteiger partial charge in [-0.05, 0) is 49.9 Å². The highest BCUT2D eigenvalue weighted by atomic mass is 32.1. The summed E-state index contributed by atoms with van der Waals surface area (Å²) in [7, 11) is 2.18. The Kier molecular flexibility index (Phi) is 5.11. The number of aryl methyl sites for hydroxylation is 1. The van der Waals surface area contributed by atoms with E-state index in [-0.39, 0.29) is 0 Å². The highest BCUT2D eigenvalue weighted by Crippen LogP contribution is 2.36. The summed E-state index contributed by atoms with van der Waals surface area (Å²) in [6.07, 6.45) is 0. The molecule has 4 aromatic rings. The van der Waals surface area contributed by atoms with Gasteiger partial charge in [0.05, 0.1) is 5.39 Å². The second-order valence-corrected chi connectivity index (χ2v) is 8.81. The molecule has 5 nitrogen and oxygen atoms in total. The van der Waals surface area contributed by atoms with Gasteiger partial charge in [0, 0.05) is 42.4 Å². The Hall–Kier alpha value is -2.96. The van der Waals surface area contributed by atoms with E-state index < -0.39 is 0 Å². The zero-order valence-electron chi connectivity index (χ0n) is 17.3. The lowest BCUT2D eigenvalue weighted by Crippen LogP contribution is -2.44. The number of thiophene rings is 1. The molecule has 0 saturated carbocycles. The van der Waals surface area contributed by atoms with Crippen LogP contribution in [-0.2, 0) is 0 Å². The molecule has 6 heteroatoms. The van der Waals surface area contributed by atoms with E-state index in [9.17, 15) is 0 Å². The van der Waals surface area contributed by atoms with Crippen LogP contribution in [0.1, 0.15) is 5.82 Å². The average Bonchev–Trinajstić information content (AvgIpc) is 3.20. The second kappa shape index (κ2) is 8.05. The Morgan fingerprint density at radius 3 is 2.37 bits per heavy atom. The van der Waals surface area contributed by atoms with Crippen molar-refractivity contribution in [1.29, 1.82) is 0 Å². The first-order valence-corrected chi connectivity index (χ1v) is 11.1. The summed E-state index contributed by atoms with van der Waals surface area (Å²) in [4.78, 5) is 16.4. The quantitative estimate of drug-likeness (QED) is 0.499. The number of piperazine rings is 1. The number of aromatic nitrogens is 2. The first-order chi connectivity index (χ1) is 14.7. The van der Waals surface area contributed by atoms with Gasteiger partial charge in [0.2, 0.25) is 0 Å². The molecule has 1 saturated heterocycles. The number of likely N-dealkylation sites (N-methyl/N-ethyl adjacent to an activating group) is 1. The van der Waals surface area contributed by atoms with Gasteiger partial charge < -0.3 is 15.1 Å². The van der Waals surface area contributed by atoms with Crippen molar-refractivity contribution < 1.29 is 0 Å². The fourth-order valence-corrected chi connectivity index (χ4v) is 4.91. The SMILES string of the molecule is Cc1nc(Nc2ccc(N3CCN(C)CC3)cc2)c2cc(-c3ccccc3)sc2n1. The molecule has 0 bridgehead atoms. The molecule has 30 heavy (non-hydrogen) atoms. The molecule has 3 heterocycles. The molecule has 0 atom stereocenters. The van der Waals surface area contributed by atoms with Crippen molar-refractivity contribution in [3.05, 3.63) is 66.5 Å². The molecule has 2 aromatic heterocycles. The van der Waals surface area contributed by atoms with E-state index in [2.05, 4.69) is 81.7 Å². The fourth-order valence-electron chi connectivity index (χ4n) is 3.83. The maximum atomic E-state index is 4.69. The van der Waals surface area contributed by atoms with Crippen molar-refractivity contribution >= 4 is 38.7 Å². The van der Waals surface area contributed by atoms with Gasteiger partial charge in [-0.15, -0.1) is 11.3 Å². The van der Waals surface area contributed by atoms with Crippen LogP contribution in [0.5, 0.6) is 0 Å². The Balaban J connectivity index is 1.41. The average molecular weight is 416 g/mol. The molecule has 2 aromatic carbocycles. The number of rotatable bonds is 4. The van der Waals surface area contributed by atoms with E-state index in [0.29, 0.717) is 0 Å². The number of anilines is 3. The van der Waals surface area contributed by atoms with Gasteiger partial charge in [0.15, 0.2) is 0 Å².